The largest absolute Gasteiger partial charge is 0.481 e. The van der Waals surface area contributed by atoms with Crippen LogP contribution >= 0.6 is 10.0 Å². The van der Waals surface area contributed by atoms with Crippen LogP contribution in [-0.4, -0.2) is 63.3 Å². The molecule has 0 aliphatic rings. The second-order valence-electron chi connectivity index (χ2n) is 10.2. The van der Waals surface area contributed by atoms with Gasteiger partial charge < -0.3 is 19.1 Å². The first-order chi connectivity index (χ1) is 17.2. The van der Waals surface area contributed by atoms with Crippen molar-refractivity contribution in [2.24, 2.45) is 5.41 Å². The monoisotopic (exact) mass is 539 g/mol. The van der Waals surface area contributed by atoms with E-state index in [1.807, 2.05) is 0 Å². The molecule has 0 spiro atoms. The van der Waals surface area contributed by atoms with Crippen molar-refractivity contribution in [3.05, 3.63) is 54.5 Å². The van der Waals surface area contributed by atoms with Crippen molar-refractivity contribution < 1.29 is 32.5 Å². The van der Waals surface area contributed by atoms with E-state index < -0.39 is 33.3 Å². The van der Waals surface area contributed by atoms with Crippen molar-refractivity contribution >= 4 is 16.0 Å². The van der Waals surface area contributed by atoms with Gasteiger partial charge in [-0.3, -0.25) is 4.79 Å². The van der Waals surface area contributed by atoms with Gasteiger partial charge in [-0.05, 0) is 44.2 Å². The number of hydrogen-bond donors (Lipinski definition) is 1. The van der Waals surface area contributed by atoms with Gasteiger partial charge in [-0.1, -0.05) is 24.3 Å². The van der Waals surface area contributed by atoms with Crippen LogP contribution in [0.2, 0.25) is 0 Å². The van der Waals surface area contributed by atoms with Crippen LogP contribution in [0.3, 0.4) is 0 Å². The molecular weight excluding hydrogens is 507 g/mol. The van der Waals surface area contributed by atoms with Crippen molar-refractivity contribution in [2.75, 3.05) is 37.7 Å². The summed E-state index contributed by atoms with van der Waals surface area (Å²) in [6.45, 7) is 3.52. The predicted molar refractivity (Wildman–Crippen MR) is 139 cm³/mol. The van der Waals surface area contributed by atoms with Gasteiger partial charge in [0.15, 0.2) is 5.69 Å². The maximum atomic E-state index is 13.4. The Kier molecular flexibility index (Phi) is 8.59. The molecule has 0 atom stereocenters. The maximum absolute atomic E-state index is 13.4. The lowest BCUT2D eigenvalue weighted by Crippen LogP contribution is -2.30. The number of imidazole rings is 1. The summed E-state index contributed by atoms with van der Waals surface area (Å²) in [5, 5.41) is 9.19. The molecule has 0 amide bonds. The standard InChI is InChI=1S/C26H32F3N3O4S/c1-25(2,24(33)34)16-36-22-11-10-20(14-30-22)18-6-8-19(9-7-18)23-31-21(26(27,28)29)15-32(23)17-35-12-13-37(3,4)5/h6-11,14-15H,12-13,16-17H2,1-5H3,(H,33,34). The van der Waals surface area contributed by atoms with Crippen LogP contribution in [0.25, 0.3) is 22.5 Å². The Balaban J connectivity index is 1.75. The summed E-state index contributed by atoms with van der Waals surface area (Å²) >= 11 is 0. The number of benzene rings is 1. The number of carboxylic acid groups (broad SMARTS) is 1. The van der Waals surface area contributed by atoms with Gasteiger partial charge in [0.05, 0.1) is 12.0 Å². The molecule has 3 rings (SSSR count). The van der Waals surface area contributed by atoms with Gasteiger partial charge in [-0.25, -0.2) is 20.0 Å². The van der Waals surface area contributed by atoms with Crippen molar-refractivity contribution in [1.82, 2.24) is 14.5 Å². The molecule has 0 fully saturated rings. The molecule has 3 aromatic rings. The molecule has 0 radical (unpaired) electrons. The van der Waals surface area contributed by atoms with Gasteiger partial charge in [0.25, 0.3) is 0 Å². The molecule has 0 saturated heterocycles. The topological polar surface area (TPSA) is 86.5 Å². The van der Waals surface area contributed by atoms with Crippen LogP contribution in [0.4, 0.5) is 13.2 Å². The van der Waals surface area contributed by atoms with Crippen molar-refractivity contribution in [2.45, 2.75) is 26.8 Å². The Bertz CT molecular complexity index is 1200. The third-order valence-electron chi connectivity index (χ3n) is 5.51. The number of aliphatic carboxylic acids is 1. The van der Waals surface area contributed by atoms with Gasteiger partial charge >= 0.3 is 12.1 Å². The van der Waals surface area contributed by atoms with Gasteiger partial charge in [0.1, 0.15) is 19.2 Å². The van der Waals surface area contributed by atoms with Crippen molar-refractivity contribution in [3.63, 3.8) is 0 Å². The number of carboxylic acids is 1. The van der Waals surface area contributed by atoms with E-state index in [1.165, 1.54) is 4.57 Å². The fourth-order valence-corrected chi connectivity index (χ4v) is 3.74. The lowest BCUT2D eigenvalue weighted by Gasteiger charge is -2.24. The molecule has 1 aromatic carbocycles. The Morgan fingerprint density at radius 1 is 1.03 bits per heavy atom. The zero-order valence-corrected chi connectivity index (χ0v) is 22.3. The minimum atomic E-state index is -4.56. The van der Waals surface area contributed by atoms with Crippen LogP contribution in [0, 0.1) is 5.41 Å². The van der Waals surface area contributed by atoms with Gasteiger partial charge in [0.2, 0.25) is 5.88 Å². The average molecular weight is 540 g/mol. The number of aromatic nitrogens is 3. The molecule has 0 saturated carbocycles. The summed E-state index contributed by atoms with van der Waals surface area (Å²) in [4.78, 5) is 19.3. The van der Waals surface area contributed by atoms with Crippen molar-refractivity contribution in [1.29, 1.82) is 0 Å². The summed E-state index contributed by atoms with van der Waals surface area (Å²) in [6.07, 6.45) is 4.45. The minimum absolute atomic E-state index is 0.0280. The molecule has 0 unspecified atom stereocenters. The number of ether oxygens (including phenoxy) is 2. The lowest BCUT2D eigenvalue weighted by atomic mass is 9.95. The third-order valence-corrected chi connectivity index (χ3v) is 6.90. The molecule has 202 valence electrons. The molecule has 2 heterocycles. The number of pyridine rings is 1. The SMILES string of the molecule is CC(C)(COc1ccc(-c2ccc(-c3nc(C(F)(F)F)cn3COCCS(C)(C)C)cc2)cn1)C(=O)O. The zero-order valence-electron chi connectivity index (χ0n) is 21.5. The van der Waals surface area contributed by atoms with Crippen molar-refractivity contribution in [3.8, 4) is 28.4 Å². The number of hydrogen-bond acceptors (Lipinski definition) is 5. The van der Waals surface area contributed by atoms with E-state index >= 15 is 0 Å². The first kappa shape index (κ1) is 28.5. The fraction of sp³-hybridized carbons (Fsp3) is 0.423. The van der Waals surface area contributed by atoms with Crippen LogP contribution in [-0.2, 0) is 22.4 Å². The summed E-state index contributed by atoms with van der Waals surface area (Å²) in [5.41, 5.74) is 0.0681. The molecule has 0 aliphatic carbocycles. The fourth-order valence-electron chi connectivity index (χ4n) is 3.12. The molecule has 37 heavy (non-hydrogen) atoms. The van der Waals surface area contributed by atoms with Crippen LogP contribution in [0.5, 0.6) is 5.88 Å². The van der Waals surface area contributed by atoms with E-state index in [0.29, 0.717) is 18.1 Å². The number of alkyl halides is 3. The normalized spacial score (nSPS) is 13.0. The second-order valence-corrected chi connectivity index (χ2v) is 14.8. The van der Waals surface area contributed by atoms with E-state index in [2.05, 4.69) is 28.7 Å². The highest BCUT2D eigenvalue weighted by atomic mass is 32.3. The Labute approximate surface area is 216 Å². The summed E-state index contributed by atoms with van der Waals surface area (Å²) in [5.74, 6) is 0.353. The molecular formula is C26H32F3N3O4S. The molecule has 0 aliphatic heterocycles. The van der Waals surface area contributed by atoms with E-state index in [9.17, 15) is 23.1 Å². The van der Waals surface area contributed by atoms with E-state index in [0.717, 1.165) is 23.1 Å². The van der Waals surface area contributed by atoms with Gasteiger partial charge in [-0.15, -0.1) is 0 Å². The number of carbonyl (C=O) groups is 1. The third kappa shape index (κ3) is 7.96. The summed E-state index contributed by atoms with van der Waals surface area (Å²) in [7, 11) is -0.773. The molecule has 7 nitrogen and oxygen atoms in total. The second kappa shape index (κ2) is 11.1. The molecule has 2 aromatic heterocycles. The first-order valence-corrected chi connectivity index (χ1v) is 14.5. The molecule has 0 bridgehead atoms. The predicted octanol–water partition coefficient (Wildman–Crippen LogP) is 5.79. The van der Waals surface area contributed by atoms with E-state index in [-0.39, 0.29) is 19.2 Å². The van der Waals surface area contributed by atoms with Gasteiger partial charge in [-0.2, -0.15) is 13.2 Å². The Morgan fingerprint density at radius 3 is 2.19 bits per heavy atom. The highest BCUT2D eigenvalue weighted by Crippen LogP contribution is 2.34. The first-order valence-electron chi connectivity index (χ1n) is 11.5. The number of halogens is 3. The lowest BCUT2D eigenvalue weighted by molar-refractivity contribution is -0.148. The number of rotatable bonds is 11. The highest BCUT2D eigenvalue weighted by Gasteiger charge is 2.35. The average Bonchev–Trinajstić information content (AvgIpc) is 3.25. The van der Waals surface area contributed by atoms with E-state index in [1.54, 1.807) is 56.4 Å². The van der Waals surface area contributed by atoms with E-state index in [4.69, 9.17) is 9.47 Å². The summed E-state index contributed by atoms with van der Waals surface area (Å²) in [6, 6.07) is 10.4. The minimum Gasteiger partial charge on any atom is -0.481 e. The smallest absolute Gasteiger partial charge is 0.434 e. The summed E-state index contributed by atoms with van der Waals surface area (Å²) < 4.78 is 52.6. The zero-order chi connectivity index (χ0) is 27.4. The van der Waals surface area contributed by atoms with Crippen LogP contribution in [0.15, 0.2) is 48.8 Å². The van der Waals surface area contributed by atoms with Gasteiger partial charge in [0, 0.05) is 35.3 Å². The molecule has 11 heteroatoms. The van der Waals surface area contributed by atoms with Crippen LogP contribution in [0.1, 0.15) is 19.5 Å². The van der Waals surface area contributed by atoms with Crippen LogP contribution < -0.4 is 4.74 Å². The highest BCUT2D eigenvalue weighted by molar-refractivity contribution is 8.32. The Hall–Kier alpha value is -3.05. The Morgan fingerprint density at radius 2 is 1.65 bits per heavy atom. The maximum Gasteiger partial charge on any atom is 0.434 e. The quantitative estimate of drug-likeness (QED) is 0.311. The number of nitrogens with zero attached hydrogens (tertiary/aromatic N) is 3. The molecule has 1 N–H and O–H groups in total.